The van der Waals surface area contributed by atoms with Crippen LogP contribution in [0.2, 0.25) is 0 Å². The predicted octanol–water partition coefficient (Wildman–Crippen LogP) is 1.07. The second-order valence-electron chi connectivity index (χ2n) is 5.15. The van der Waals surface area contributed by atoms with Crippen molar-refractivity contribution in [2.45, 2.75) is 25.3 Å². The summed E-state index contributed by atoms with van der Waals surface area (Å²) in [5.74, 6) is 0.561. The number of nitrogens with zero attached hydrogens (tertiary/aromatic N) is 1. The molecule has 0 saturated carbocycles. The molecule has 0 aliphatic carbocycles. The van der Waals surface area contributed by atoms with Crippen molar-refractivity contribution >= 4 is 0 Å². The molecule has 1 aromatic rings. The molecular weight excluding hydrogens is 210 g/mol. The van der Waals surface area contributed by atoms with E-state index in [1.165, 1.54) is 11.1 Å². The Morgan fingerprint density at radius 2 is 1.94 bits per heavy atom. The highest BCUT2D eigenvalue weighted by Gasteiger charge is 2.25. The van der Waals surface area contributed by atoms with Crippen LogP contribution in [0.25, 0.3) is 0 Å². The summed E-state index contributed by atoms with van der Waals surface area (Å²) in [6, 6.07) is 9.12. The van der Waals surface area contributed by atoms with E-state index in [-0.39, 0.29) is 6.04 Å². The Hall–Kier alpha value is -0.900. The number of piperidine rings is 1. The quantitative estimate of drug-likeness (QED) is 0.821. The lowest BCUT2D eigenvalue weighted by atomic mass is 9.88. The number of rotatable bonds is 3. The zero-order valence-electron chi connectivity index (χ0n) is 10.6. The third-order valence-corrected chi connectivity index (χ3v) is 3.55. The first kappa shape index (κ1) is 12.6. The van der Waals surface area contributed by atoms with Crippen molar-refractivity contribution in [1.82, 2.24) is 4.90 Å². The van der Waals surface area contributed by atoms with Crippen LogP contribution in [0.1, 0.15) is 23.5 Å². The minimum atomic E-state index is 0.279. The average molecular weight is 233 g/mol. The number of hydrogen-bond donors (Lipinski definition) is 2. The third-order valence-electron chi connectivity index (χ3n) is 3.55. The number of nitrogens with two attached hydrogens (primary N) is 2. The van der Waals surface area contributed by atoms with Gasteiger partial charge in [0.2, 0.25) is 0 Å². The SMILES string of the molecule is Cc1ccc(C2CC(N)CN(CCN)C2)cc1. The lowest BCUT2D eigenvalue weighted by Crippen LogP contribution is -2.47. The molecule has 2 unspecified atom stereocenters. The van der Waals surface area contributed by atoms with Crippen molar-refractivity contribution in [3.05, 3.63) is 35.4 Å². The summed E-state index contributed by atoms with van der Waals surface area (Å²) in [7, 11) is 0. The second-order valence-corrected chi connectivity index (χ2v) is 5.15. The largest absolute Gasteiger partial charge is 0.329 e. The molecule has 2 atom stereocenters. The number of likely N-dealkylation sites (tertiary alicyclic amines) is 1. The van der Waals surface area contributed by atoms with Crippen molar-refractivity contribution in [3.8, 4) is 0 Å². The fourth-order valence-corrected chi connectivity index (χ4v) is 2.68. The summed E-state index contributed by atoms with van der Waals surface area (Å²) in [4.78, 5) is 2.39. The summed E-state index contributed by atoms with van der Waals surface area (Å²) < 4.78 is 0. The summed E-state index contributed by atoms with van der Waals surface area (Å²) in [5, 5.41) is 0. The van der Waals surface area contributed by atoms with Gasteiger partial charge in [0.05, 0.1) is 0 Å². The Balaban J connectivity index is 2.06. The highest BCUT2D eigenvalue weighted by molar-refractivity contribution is 5.25. The zero-order chi connectivity index (χ0) is 12.3. The molecule has 4 N–H and O–H groups in total. The van der Waals surface area contributed by atoms with Crippen LogP contribution >= 0.6 is 0 Å². The Bertz CT molecular complexity index is 347. The summed E-state index contributed by atoms with van der Waals surface area (Å²) in [6.45, 7) is 5.87. The van der Waals surface area contributed by atoms with Gasteiger partial charge >= 0.3 is 0 Å². The van der Waals surface area contributed by atoms with Gasteiger partial charge in [0.15, 0.2) is 0 Å². The molecule has 3 nitrogen and oxygen atoms in total. The van der Waals surface area contributed by atoms with Crippen molar-refractivity contribution < 1.29 is 0 Å². The molecule has 0 amide bonds. The molecule has 1 aromatic carbocycles. The highest BCUT2D eigenvalue weighted by Crippen LogP contribution is 2.26. The standard InChI is InChI=1S/C14H23N3/c1-11-2-4-12(5-3-11)13-8-14(16)10-17(9-13)7-6-15/h2-5,13-14H,6-10,15-16H2,1H3. The Labute approximate surface area is 104 Å². The van der Waals surface area contributed by atoms with Gasteiger partial charge in [-0.15, -0.1) is 0 Å². The van der Waals surface area contributed by atoms with Crippen LogP contribution in [-0.2, 0) is 0 Å². The van der Waals surface area contributed by atoms with Gasteiger partial charge in [-0.2, -0.15) is 0 Å². The highest BCUT2D eigenvalue weighted by atomic mass is 15.2. The normalized spacial score (nSPS) is 26.1. The Kier molecular flexibility index (Phi) is 4.15. The predicted molar refractivity (Wildman–Crippen MR) is 72.0 cm³/mol. The molecule has 3 heteroatoms. The van der Waals surface area contributed by atoms with Crippen LogP contribution in [0, 0.1) is 6.92 Å². The maximum atomic E-state index is 6.13. The van der Waals surface area contributed by atoms with Crippen molar-refractivity contribution in [1.29, 1.82) is 0 Å². The monoisotopic (exact) mass is 233 g/mol. The first-order chi connectivity index (χ1) is 8.19. The molecule has 0 spiro atoms. The van der Waals surface area contributed by atoms with E-state index in [0.717, 1.165) is 26.1 Å². The smallest absolute Gasteiger partial charge is 0.0174 e. The summed E-state index contributed by atoms with van der Waals surface area (Å²) in [6.07, 6.45) is 1.09. The lowest BCUT2D eigenvalue weighted by Gasteiger charge is -2.36. The van der Waals surface area contributed by atoms with Crippen LogP contribution in [0.4, 0.5) is 0 Å². The van der Waals surface area contributed by atoms with Crippen LogP contribution in [-0.4, -0.2) is 37.1 Å². The van der Waals surface area contributed by atoms with Gasteiger partial charge in [-0.1, -0.05) is 29.8 Å². The molecule has 1 saturated heterocycles. The molecule has 0 radical (unpaired) electrons. The van der Waals surface area contributed by atoms with Crippen molar-refractivity contribution in [2.75, 3.05) is 26.2 Å². The van der Waals surface area contributed by atoms with Crippen LogP contribution in [0.5, 0.6) is 0 Å². The number of aryl methyl sites for hydroxylation is 1. The molecule has 17 heavy (non-hydrogen) atoms. The molecule has 1 heterocycles. The minimum Gasteiger partial charge on any atom is -0.329 e. The van der Waals surface area contributed by atoms with E-state index in [1.807, 2.05) is 0 Å². The van der Waals surface area contributed by atoms with E-state index in [4.69, 9.17) is 11.5 Å². The molecule has 0 aromatic heterocycles. The average Bonchev–Trinajstić information content (AvgIpc) is 2.29. The van der Waals surface area contributed by atoms with Crippen molar-refractivity contribution in [2.24, 2.45) is 11.5 Å². The third kappa shape index (κ3) is 3.28. The Morgan fingerprint density at radius 1 is 1.24 bits per heavy atom. The van der Waals surface area contributed by atoms with E-state index in [1.54, 1.807) is 0 Å². The van der Waals surface area contributed by atoms with E-state index in [0.29, 0.717) is 12.5 Å². The van der Waals surface area contributed by atoms with Crippen LogP contribution in [0.15, 0.2) is 24.3 Å². The van der Waals surface area contributed by atoms with E-state index in [2.05, 4.69) is 36.1 Å². The summed E-state index contributed by atoms with van der Waals surface area (Å²) >= 11 is 0. The second kappa shape index (κ2) is 5.63. The van der Waals surface area contributed by atoms with Gasteiger partial charge in [0.1, 0.15) is 0 Å². The molecular formula is C14H23N3. The van der Waals surface area contributed by atoms with Gasteiger partial charge in [-0.05, 0) is 24.8 Å². The van der Waals surface area contributed by atoms with E-state index >= 15 is 0 Å². The first-order valence-electron chi connectivity index (χ1n) is 6.43. The van der Waals surface area contributed by atoms with Crippen molar-refractivity contribution in [3.63, 3.8) is 0 Å². The minimum absolute atomic E-state index is 0.279. The molecule has 0 bridgehead atoms. The number of hydrogen-bond acceptors (Lipinski definition) is 3. The van der Waals surface area contributed by atoms with Gasteiger partial charge in [0.25, 0.3) is 0 Å². The zero-order valence-corrected chi connectivity index (χ0v) is 10.6. The maximum absolute atomic E-state index is 6.13. The topological polar surface area (TPSA) is 55.3 Å². The van der Waals surface area contributed by atoms with E-state index < -0.39 is 0 Å². The van der Waals surface area contributed by atoms with Gasteiger partial charge in [-0.3, -0.25) is 4.90 Å². The Morgan fingerprint density at radius 3 is 2.59 bits per heavy atom. The van der Waals surface area contributed by atoms with Crippen LogP contribution in [0.3, 0.4) is 0 Å². The van der Waals surface area contributed by atoms with E-state index in [9.17, 15) is 0 Å². The molecule has 1 fully saturated rings. The number of benzene rings is 1. The lowest BCUT2D eigenvalue weighted by molar-refractivity contribution is 0.193. The fraction of sp³-hybridized carbons (Fsp3) is 0.571. The molecule has 1 aliphatic heterocycles. The fourth-order valence-electron chi connectivity index (χ4n) is 2.68. The van der Waals surface area contributed by atoms with Gasteiger partial charge in [-0.25, -0.2) is 0 Å². The first-order valence-corrected chi connectivity index (χ1v) is 6.43. The molecule has 94 valence electrons. The molecule has 2 rings (SSSR count). The van der Waals surface area contributed by atoms with Gasteiger partial charge in [0, 0.05) is 32.2 Å². The van der Waals surface area contributed by atoms with Gasteiger partial charge < -0.3 is 11.5 Å². The van der Waals surface area contributed by atoms with Crippen LogP contribution < -0.4 is 11.5 Å². The molecule has 1 aliphatic rings. The summed E-state index contributed by atoms with van der Waals surface area (Å²) in [5.41, 5.74) is 14.5. The maximum Gasteiger partial charge on any atom is 0.0174 e.